The van der Waals surface area contributed by atoms with Crippen LogP contribution >= 0.6 is 0 Å². The van der Waals surface area contributed by atoms with Gasteiger partial charge in [0.05, 0.1) is 27.4 Å². The van der Waals surface area contributed by atoms with Crippen molar-refractivity contribution in [2.24, 2.45) is 17.6 Å². The lowest BCUT2D eigenvalue weighted by atomic mass is 9.87. The van der Waals surface area contributed by atoms with Crippen LogP contribution in [0.4, 0.5) is 0 Å². The first-order valence-electron chi connectivity index (χ1n) is 7.11. The molecule has 0 heterocycles. The number of hydrogen-bond donors (Lipinski definition) is 2. The van der Waals surface area contributed by atoms with Gasteiger partial charge in [0.1, 0.15) is 12.6 Å². The van der Waals surface area contributed by atoms with E-state index in [2.05, 4.69) is 14.8 Å². The lowest BCUT2D eigenvalue weighted by Crippen LogP contribution is -2.53. The third-order valence-corrected chi connectivity index (χ3v) is 3.25. The van der Waals surface area contributed by atoms with Crippen molar-refractivity contribution in [1.82, 2.24) is 5.32 Å². The lowest BCUT2D eigenvalue weighted by molar-refractivity contribution is -0.162. The number of methoxy groups -OCH3 is 3. The van der Waals surface area contributed by atoms with Crippen molar-refractivity contribution in [2.45, 2.75) is 13.0 Å². The zero-order valence-corrected chi connectivity index (χ0v) is 14.2. The number of nitrogens with one attached hydrogen (secondary N) is 1. The fourth-order valence-electron chi connectivity index (χ4n) is 1.96. The SMILES string of the molecule is COCCOCC(=O)N[C@@H](C(N)=O)[C@H](C)C(C(=O)OC)C(=O)OC. The first-order chi connectivity index (χ1) is 11.3. The summed E-state index contributed by atoms with van der Waals surface area (Å²) in [7, 11) is 3.66. The van der Waals surface area contributed by atoms with Gasteiger partial charge in [0.25, 0.3) is 0 Å². The lowest BCUT2D eigenvalue weighted by Gasteiger charge is -2.26. The molecular weight excluding hydrogens is 324 g/mol. The largest absolute Gasteiger partial charge is 0.468 e. The van der Waals surface area contributed by atoms with Crippen LogP contribution in [0.5, 0.6) is 0 Å². The van der Waals surface area contributed by atoms with Crippen LogP contribution < -0.4 is 11.1 Å². The summed E-state index contributed by atoms with van der Waals surface area (Å²) in [6.07, 6.45) is 0. The second kappa shape index (κ2) is 11.4. The number of carbonyl (C=O) groups excluding carboxylic acids is 4. The van der Waals surface area contributed by atoms with Crippen molar-refractivity contribution in [3.8, 4) is 0 Å². The van der Waals surface area contributed by atoms with E-state index in [1.807, 2.05) is 0 Å². The summed E-state index contributed by atoms with van der Waals surface area (Å²) in [4.78, 5) is 47.0. The van der Waals surface area contributed by atoms with Crippen LogP contribution in [0.3, 0.4) is 0 Å². The Hall–Kier alpha value is -2.20. The van der Waals surface area contributed by atoms with Gasteiger partial charge in [-0.25, -0.2) is 0 Å². The smallest absolute Gasteiger partial charge is 0.320 e. The maximum atomic E-state index is 11.8. The van der Waals surface area contributed by atoms with Crippen molar-refractivity contribution < 1.29 is 38.1 Å². The Labute approximate surface area is 139 Å². The molecule has 0 saturated heterocycles. The number of nitrogens with two attached hydrogens (primary N) is 1. The highest BCUT2D eigenvalue weighted by molar-refractivity contribution is 5.97. The van der Waals surface area contributed by atoms with Gasteiger partial charge in [0.15, 0.2) is 5.92 Å². The molecule has 0 aromatic heterocycles. The van der Waals surface area contributed by atoms with Gasteiger partial charge >= 0.3 is 11.9 Å². The summed E-state index contributed by atoms with van der Waals surface area (Å²) >= 11 is 0. The summed E-state index contributed by atoms with van der Waals surface area (Å²) in [5, 5.41) is 2.34. The zero-order chi connectivity index (χ0) is 18.7. The van der Waals surface area contributed by atoms with Crippen LogP contribution in [0.1, 0.15) is 6.92 Å². The van der Waals surface area contributed by atoms with Crippen molar-refractivity contribution in [1.29, 1.82) is 0 Å². The van der Waals surface area contributed by atoms with Gasteiger partial charge in [-0.3, -0.25) is 19.2 Å². The standard InChI is InChI=1S/C14H24N2O8/c1-8(10(13(19)22-3)14(20)23-4)11(12(15)18)16-9(17)7-24-6-5-21-2/h8,10-11H,5-7H2,1-4H3,(H2,15,18)(H,16,17)/t8-,11-/m1/s1. The van der Waals surface area contributed by atoms with E-state index in [1.165, 1.54) is 14.0 Å². The van der Waals surface area contributed by atoms with Crippen LogP contribution in [-0.2, 0) is 38.1 Å². The van der Waals surface area contributed by atoms with Gasteiger partial charge in [0.2, 0.25) is 11.8 Å². The number of primary amides is 1. The number of rotatable bonds is 11. The van der Waals surface area contributed by atoms with Crippen LogP contribution in [0.2, 0.25) is 0 Å². The van der Waals surface area contributed by atoms with E-state index >= 15 is 0 Å². The van der Waals surface area contributed by atoms with Gasteiger partial charge < -0.3 is 30.0 Å². The number of carbonyl (C=O) groups is 4. The molecule has 0 aliphatic heterocycles. The molecule has 0 aliphatic carbocycles. The highest BCUT2D eigenvalue weighted by Crippen LogP contribution is 2.19. The Kier molecular flexibility index (Phi) is 10.3. The predicted octanol–water partition coefficient (Wildman–Crippen LogP) is -1.78. The van der Waals surface area contributed by atoms with Gasteiger partial charge in [-0.2, -0.15) is 0 Å². The molecule has 0 rings (SSSR count). The molecule has 0 aliphatic rings. The number of esters is 2. The normalized spacial score (nSPS) is 13.0. The molecular formula is C14H24N2O8. The van der Waals surface area contributed by atoms with E-state index < -0.39 is 41.6 Å². The zero-order valence-electron chi connectivity index (χ0n) is 14.2. The minimum Gasteiger partial charge on any atom is -0.468 e. The number of hydrogen-bond acceptors (Lipinski definition) is 8. The summed E-state index contributed by atoms with van der Waals surface area (Å²) in [5.74, 6) is -5.73. The second-order valence-corrected chi connectivity index (χ2v) is 4.88. The van der Waals surface area contributed by atoms with Crippen LogP contribution in [0, 0.1) is 11.8 Å². The monoisotopic (exact) mass is 348 g/mol. The van der Waals surface area contributed by atoms with E-state index in [1.54, 1.807) is 0 Å². The molecule has 0 fully saturated rings. The highest BCUT2D eigenvalue weighted by atomic mass is 16.5. The fraction of sp³-hybridized carbons (Fsp3) is 0.714. The maximum absolute atomic E-state index is 11.8. The summed E-state index contributed by atoms with van der Waals surface area (Å²) in [5.41, 5.74) is 5.26. The maximum Gasteiger partial charge on any atom is 0.320 e. The molecule has 10 nitrogen and oxygen atoms in total. The van der Waals surface area contributed by atoms with Crippen molar-refractivity contribution in [2.75, 3.05) is 41.2 Å². The molecule has 0 saturated carbocycles. The van der Waals surface area contributed by atoms with E-state index in [4.69, 9.17) is 15.2 Å². The molecule has 3 N–H and O–H groups in total. The van der Waals surface area contributed by atoms with E-state index in [0.29, 0.717) is 6.61 Å². The van der Waals surface area contributed by atoms with Crippen LogP contribution in [-0.4, -0.2) is 70.9 Å². The molecule has 0 bridgehead atoms. The van der Waals surface area contributed by atoms with Gasteiger partial charge in [-0.15, -0.1) is 0 Å². The second-order valence-electron chi connectivity index (χ2n) is 4.88. The Morgan fingerprint density at radius 2 is 1.54 bits per heavy atom. The molecule has 2 atom stereocenters. The van der Waals surface area contributed by atoms with Gasteiger partial charge in [-0.05, 0) is 0 Å². The summed E-state index contributed by atoms with van der Waals surface area (Å²) < 4.78 is 18.9. The minimum absolute atomic E-state index is 0.188. The molecule has 24 heavy (non-hydrogen) atoms. The van der Waals surface area contributed by atoms with Crippen LogP contribution in [0.15, 0.2) is 0 Å². The van der Waals surface area contributed by atoms with E-state index in [-0.39, 0.29) is 13.2 Å². The van der Waals surface area contributed by atoms with Crippen molar-refractivity contribution >= 4 is 23.8 Å². The number of ether oxygens (including phenoxy) is 4. The molecule has 0 radical (unpaired) electrons. The van der Waals surface area contributed by atoms with E-state index in [9.17, 15) is 19.2 Å². The molecule has 10 heteroatoms. The highest BCUT2D eigenvalue weighted by Gasteiger charge is 2.41. The molecule has 0 aromatic carbocycles. The Balaban J connectivity index is 5.00. The quantitative estimate of drug-likeness (QED) is 0.253. The Bertz CT molecular complexity index is 438. The molecule has 0 spiro atoms. The molecule has 138 valence electrons. The van der Waals surface area contributed by atoms with Crippen molar-refractivity contribution in [3.05, 3.63) is 0 Å². The topological polar surface area (TPSA) is 143 Å². The minimum atomic E-state index is -1.41. The van der Waals surface area contributed by atoms with E-state index in [0.717, 1.165) is 14.2 Å². The number of amides is 2. The fourth-order valence-corrected chi connectivity index (χ4v) is 1.96. The average Bonchev–Trinajstić information content (AvgIpc) is 2.55. The third kappa shape index (κ3) is 6.92. The predicted molar refractivity (Wildman–Crippen MR) is 80.5 cm³/mol. The molecule has 0 unspecified atom stereocenters. The first-order valence-corrected chi connectivity index (χ1v) is 7.11. The average molecular weight is 348 g/mol. The van der Waals surface area contributed by atoms with Crippen molar-refractivity contribution in [3.63, 3.8) is 0 Å². The van der Waals surface area contributed by atoms with Crippen LogP contribution in [0.25, 0.3) is 0 Å². The molecule has 2 amide bonds. The summed E-state index contributed by atoms with van der Waals surface area (Å²) in [6, 6.07) is -1.29. The molecule has 0 aromatic rings. The Morgan fingerprint density at radius 1 is 1.00 bits per heavy atom. The van der Waals surface area contributed by atoms with Gasteiger partial charge in [-0.1, -0.05) is 6.92 Å². The Morgan fingerprint density at radius 3 is 1.96 bits per heavy atom. The van der Waals surface area contributed by atoms with Gasteiger partial charge in [0, 0.05) is 13.0 Å². The third-order valence-electron chi connectivity index (χ3n) is 3.25. The first kappa shape index (κ1) is 21.8. The summed E-state index contributed by atoms with van der Waals surface area (Å²) in [6.45, 7) is 1.56.